The van der Waals surface area contributed by atoms with Crippen LogP contribution in [0.15, 0.2) is 18.3 Å². The van der Waals surface area contributed by atoms with E-state index in [2.05, 4.69) is 4.98 Å². The number of carbonyl (C=O) groups excluding carboxylic acids is 1. The van der Waals surface area contributed by atoms with Crippen LogP contribution < -0.4 is 5.73 Å². The van der Waals surface area contributed by atoms with Crippen molar-refractivity contribution in [3.8, 4) is 0 Å². The first kappa shape index (κ1) is 12.6. The van der Waals surface area contributed by atoms with Crippen LogP contribution in [0.4, 0.5) is 5.69 Å². The smallest absolute Gasteiger partial charge is 0.184 e. The zero-order chi connectivity index (χ0) is 13.3. The van der Waals surface area contributed by atoms with E-state index < -0.39 is 0 Å². The first-order chi connectivity index (χ1) is 9.19. The van der Waals surface area contributed by atoms with Gasteiger partial charge in [-0.3, -0.25) is 9.78 Å². The number of Topliss-reactive ketones (excluding diaryl/α,β-unsaturated/α-hetero) is 1. The van der Waals surface area contributed by atoms with Crippen molar-refractivity contribution in [1.29, 1.82) is 0 Å². The largest absolute Gasteiger partial charge is 0.397 e. The van der Waals surface area contributed by atoms with Gasteiger partial charge in [-0.1, -0.05) is 12.8 Å². The van der Waals surface area contributed by atoms with Crippen molar-refractivity contribution < 1.29 is 9.53 Å². The van der Waals surface area contributed by atoms with Gasteiger partial charge >= 0.3 is 0 Å². The Morgan fingerprint density at radius 2 is 2.16 bits per heavy atom. The van der Waals surface area contributed by atoms with E-state index in [1.165, 1.54) is 12.8 Å². The van der Waals surface area contributed by atoms with Crippen molar-refractivity contribution in [2.75, 3.05) is 12.3 Å². The van der Waals surface area contributed by atoms with Crippen molar-refractivity contribution in [2.24, 2.45) is 5.92 Å². The minimum atomic E-state index is -0.0214. The maximum atomic E-state index is 12.5. The first-order valence-corrected chi connectivity index (χ1v) is 7.08. The molecule has 2 heterocycles. The third-order valence-corrected chi connectivity index (χ3v) is 4.42. The molecule has 1 aromatic rings. The van der Waals surface area contributed by atoms with Gasteiger partial charge in [0.25, 0.3) is 0 Å². The van der Waals surface area contributed by atoms with E-state index in [0.29, 0.717) is 18.0 Å². The lowest BCUT2D eigenvalue weighted by Gasteiger charge is -2.37. The Morgan fingerprint density at radius 3 is 2.84 bits per heavy atom. The van der Waals surface area contributed by atoms with E-state index in [0.717, 1.165) is 25.7 Å². The molecule has 2 N–H and O–H groups in total. The Balaban J connectivity index is 1.74. The van der Waals surface area contributed by atoms with Crippen molar-refractivity contribution in [1.82, 2.24) is 4.98 Å². The number of carbonyl (C=O) groups is 1. The van der Waals surface area contributed by atoms with Crippen LogP contribution in [-0.4, -0.2) is 23.0 Å². The number of rotatable bonds is 2. The minimum absolute atomic E-state index is 0.0214. The number of anilines is 1. The van der Waals surface area contributed by atoms with Crippen LogP contribution >= 0.6 is 0 Å². The highest BCUT2D eigenvalue weighted by atomic mass is 16.5. The number of ketones is 1. The van der Waals surface area contributed by atoms with Crippen LogP contribution in [0.2, 0.25) is 0 Å². The average Bonchev–Trinajstić information content (AvgIpc) is 2.87. The third kappa shape index (κ3) is 2.50. The van der Waals surface area contributed by atoms with Gasteiger partial charge in [-0.05, 0) is 37.8 Å². The first-order valence-electron chi connectivity index (χ1n) is 7.08. The standard InChI is InChI=1S/C15H20N2O2/c16-12-3-4-13(17-10-12)14(18)11-5-8-19-15(9-11)6-1-2-7-15/h3-4,10-11H,1-2,5-9,16H2. The van der Waals surface area contributed by atoms with Crippen LogP contribution in [0, 0.1) is 5.92 Å². The van der Waals surface area contributed by atoms with Crippen molar-refractivity contribution in [3.63, 3.8) is 0 Å². The number of hydrogen-bond acceptors (Lipinski definition) is 4. The maximum absolute atomic E-state index is 12.5. The molecule has 0 bridgehead atoms. The fraction of sp³-hybridized carbons (Fsp3) is 0.600. The van der Waals surface area contributed by atoms with Crippen LogP contribution in [0.5, 0.6) is 0 Å². The summed E-state index contributed by atoms with van der Waals surface area (Å²) >= 11 is 0. The third-order valence-electron chi connectivity index (χ3n) is 4.42. The van der Waals surface area contributed by atoms with Gasteiger partial charge in [0.1, 0.15) is 5.69 Å². The van der Waals surface area contributed by atoms with Crippen molar-refractivity contribution >= 4 is 11.5 Å². The lowest BCUT2D eigenvalue weighted by atomic mass is 9.81. The number of pyridine rings is 1. The van der Waals surface area contributed by atoms with Crippen LogP contribution in [0.25, 0.3) is 0 Å². The summed E-state index contributed by atoms with van der Waals surface area (Å²) in [5.74, 6) is 0.206. The summed E-state index contributed by atoms with van der Waals surface area (Å²) in [5.41, 5.74) is 6.71. The molecule has 19 heavy (non-hydrogen) atoms. The van der Waals surface area contributed by atoms with Gasteiger partial charge in [0.2, 0.25) is 0 Å². The summed E-state index contributed by atoms with van der Waals surface area (Å²) in [5, 5.41) is 0. The molecule has 102 valence electrons. The molecule has 1 unspecified atom stereocenters. The van der Waals surface area contributed by atoms with Crippen LogP contribution in [0.3, 0.4) is 0 Å². The average molecular weight is 260 g/mol. The maximum Gasteiger partial charge on any atom is 0.184 e. The highest BCUT2D eigenvalue weighted by Gasteiger charge is 2.42. The number of ether oxygens (including phenoxy) is 1. The Labute approximate surface area is 113 Å². The molecule has 1 saturated heterocycles. The lowest BCUT2D eigenvalue weighted by Crippen LogP contribution is -2.39. The molecule has 2 aliphatic rings. The molecule has 2 fully saturated rings. The van der Waals surface area contributed by atoms with Gasteiger partial charge in [0.15, 0.2) is 5.78 Å². The molecule has 1 aromatic heterocycles. The van der Waals surface area contributed by atoms with E-state index in [1.54, 1.807) is 18.3 Å². The lowest BCUT2D eigenvalue weighted by molar-refractivity contribution is -0.0866. The quantitative estimate of drug-likeness (QED) is 0.830. The van der Waals surface area contributed by atoms with Gasteiger partial charge < -0.3 is 10.5 Å². The van der Waals surface area contributed by atoms with Crippen molar-refractivity contribution in [3.05, 3.63) is 24.0 Å². The summed E-state index contributed by atoms with van der Waals surface area (Å²) < 4.78 is 5.97. The highest BCUT2D eigenvalue weighted by Crippen LogP contribution is 2.42. The molecule has 1 aliphatic carbocycles. The summed E-state index contributed by atoms with van der Waals surface area (Å²) in [4.78, 5) is 16.6. The zero-order valence-corrected chi connectivity index (χ0v) is 11.1. The molecule has 4 heteroatoms. The number of nitrogen functional groups attached to an aromatic ring is 1. The molecular weight excluding hydrogens is 240 g/mol. The highest BCUT2D eigenvalue weighted by molar-refractivity contribution is 5.96. The number of aromatic nitrogens is 1. The number of hydrogen-bond donors (Lipinski definition) is 1. The van der Waals surface area contributed by atoms with Gasteiger partial charge in [0.05, 0.1) is 17.5 Å². The second-order valence-corrected chi connectivity index (χ2v) is 5.77. The van der Waals surface area contributed by atoms with Gasteiger partial charge in [0, 0.05) is 12.5 Å². The van der Waals surface area contributed by atoms with Crippen LogP contribution in [-0.2, 0) is 4.74 Å². The summed E-state index contributed by atoms with van der Waals surface area (Å²) in [7, 11) is 0. The Hall–Kier alpha value is -1.42. The monoisotopic (exact) mass is 260 g/mol. The Kier molecular flexibility index (Phi) is 3.27. The van der Waals surface area contributed by atoms with E-state index in [4.69, 9.17) is 10.5 Å². The van der Waals surface area contributed by atoms with Gasteiger partial charge in [-0.25, -0.2) is 0 Å². The molecule has 0 radical (unpaired) electrons. The fourth-order valence-electron chi connectivity index (χ4n) is 3.38. The Morgan fingerprint density at radius 1 is 1.37 bits per heavy atom. The molecule has 4 nitrogen and oxygen atoms in total. The molecule has 0 amide bonds. The predicted octanol–water partition coefficient (Wildman–Crippen LogP) is 2.59. The summed E-state index contributed by atoms with van der Waals surface area (Å²) in [6, 6.07) is 3.47. The Bertz CT molecular complexity index is 464. The molecule has 1 spiro atoms. The van der Waals surface area contributed by atoms with Crippen molar-refractivity contribution in [2.45, 2.75) is 44.1 Å². The molecule has 1 atom stereocenters. The summed E-state index contributed by atoms with van der Waals surface area (Å²) in [6.45, 7) is 0.700. The normalized spacial score (nSPS) is 25.6. The molecule has 0 aromatic carbocycles. The minimum Gasteiger partial charge on any atom is -0.397 e. The SMILES string of the molecule is Nc1ccc(C(=O)C2CCOC3(CCCC3)C2)nc1. The fourth-order valence-corrected chi connectivity index (χ4v) is 3.38. The topological polar surface area (TPSA) is 65.2 Å². The molecule has 1 aliphatic heterocycles. The predicted molar refractivity (Wildman–Crippen MR) is 72.9 cm³/mol. The van der Waals surface area contributed by atoms with Gasteiger partial charge in [-0.15, -0.1) is 0 Å². The van der Waals surface area contributed by atoms with Gasteiger partial charge in [-0.2, -0.15) is 0 Å². The molecule has 1 saturated carbocycles. The summed E-state index contributed by atoms with van der Waals surface area (Å²) in [6.07, 6.45) is 7.88. The van der Waals surface area contributed by atoms with E-state index in [9.17, 15) is 4.79 Å². The molecular formula is C15H20N2O2. The molecule has 3 rings (SSSR count). The second kappa shape index (κ2) is 4.93. The van der Waals surface area contributed by atoms with E-state index in [-0.39, 0.29) is 17.3 Å². The second-order valence-electron chi connectivity index (χ2n) is 5.77. The number of nitrogens with zero attached hydrogens (tertiary/aromatic N) is 1. The van der Waals surface area contributed by atoms with E-state index >= 15 is 0 Å². The van der Waals surface area contributed by atoms with E-state index in [1.807, 2.05) is 0 Å². The van der Waals surface area contributed by atoms with Crippen LogP contribution in [0.1, 0.15) is 49.0 Å². The number of nitrogens with two attached hydrogens (primary N) is 1. The zero-order valence-electron chi connectivity index (χ0n) is 11.1.